The minimum Gasteiger partial charge on any atom is -0.489 e. The third kappa shape index (κ3) is 5.24. The standard InChI is InChI=1S/C22H22BrI2N3O2/c1-5-13(4)30-20-17(24)8-14(9-18(20)25)11-26-28-21(12(2)3)27-19-7-6-15(23)10-16(19)22(28)29/h6-13H,5H2,1-4H3/t13-/m0/s1. The summed E-state index contributed by atoms with van der Waals surface area (Å²) in [5.41, 5.74) is 1.40. The van der Waals surface area contributed by atoms with Gasteiger partial charge in [0.1, 0.15) is 11.6 Å². The Balaban J connectivity index is 2.06. The van der Waals surface area contributed by atoms with E-state index in [1.54, 1.807) is 12.3 Å². The highest BCUT2D eigenvalue weighted by Crippen LogP contribution is 2.30. The Bertz CT molecular complexity index is 1150. The van der Waals surface area contributed by atoms with Gasteiger partial charge in [0, 0.05) is 10.4 Å². The quantitative estimate of drug-likeness (QED) is 0.218. The molecular formula is C22H22BrI2N3O2. The fraction of sp³-hybridized carbons (Fsp3) is 0.318. The van der Waals surface area contributed by atoms with E-state index in [0.717, 1.165) is 29.3 Å². The Labute approximate surface area is 211 Å². The van der Waals surface area contributed by atoms with E-state index in [1.165, 1.54) is 4.68 Å². The minimum absolute atomic E-state index is 0.0504. The first-order valence-corrected chi connectivity index (χ1v) is 12.6. The van der Waals surface area contributed by atoms with Crippen molar-refractivity contribution in [2.75, 3.05) is 0 Å². The van der Waals surface area contributed by atoms with E-state index in [1.807, 2.05) is 38.1 Å². The maximum atomic E-state index is 13.1. The zero-order valence-corrected chi connectivity index (χ0v) is 23.0. The van der Waals surface area contributed by atoms with Crippen molar-refractivity contribution in [3.63, 3.8) is 0 Å². The van der Waals surface area contributed by atoms with Crippen molar-refractivity contribution in [3.8, 4) is 5.75 Å². The van der Waals surface area contributed by atoms with E-state index in [0.29, 0.717) is 16.7 Å². The molecule has 0 aliphatic heterocycles. The van der Waals surface area contributed by atoms with E-state index >= 15 is 0 Å². The summed E-state index contributed by atoms with van der Waals surface area (Å²) in [5.74, 6) is 1.57. The van der Waals surface area contributed by atoms with Crippen LogP contribution in [0.1, 0.15) is 51.4 Å². The van der Waals surface area contributed by atoms with Crippen molar-refractivity contribution in [2.45, 2.75) is 46.1 Å². The third-order valence-electron chi connectivity index (χ3n) is 4.59. The third-order valence-corrected chi connectivity index (χ3v) is 6.68. The van der Waals surface area contributed by atoms with Gasteiger partial charge in [-0.3, -0.25) is 4.79 Å². The molecule has 0 amide bonds. The summed E-state index contributed by atoms with van der Waals surface area (Å²) >= 11 is 7.99. The first-order chi connectivity index (χ1) is 14.2. The van der Waals surface area contributed by atoms with Crippen molar-refractivity contribution in [2.24, 2.45) is 5.10 Å². The van der Waals surface area contributed by atoms with Crippen LogP contribution < -0.4 is 10.3 Å². The molecule has 1 aromatic heterocycles. The molecule has 0 bridgehead atoms. The van der Waals surface area contributed by atoms with Gasteiger partial charge in [-0.25, -0.2) is 4.98 Å². The largest absolute Gasteiger partial charge is 0.489 e. The molecule has 30 heavy (non-hydrogen) atoms. The van der Waals surface area contributed by atoms with E-state index in [4.69, 9.17) is 4.74 Å². The van der Waals surface area contributed by atoms with Gasteiger partial charge in [0.15, 0.2) is 0 Å². The molecule has 2 aromatic carbocycles. The van der Waals surface area contributed by atoms with Crippen molar-refractivity contribution in [1.29, 1.82) is 0 Å². The molecule has 158 valence electrons. The van der Waals surface area contributed by atoms with Gasteiger partial charge < -0.3 is 4.74 Å². The van der Waals surface area contributed by atoms with Gasteiger partial charge in [-0.1, -0.05) is 36.7 Å². The number of benzene rings is 2. The smallest absolute Gasteiger partial charge is 0.282 e. The van der Waals surface area contributed by atoms with Crippen LogP contribution in [0.25, 0.3) is 10.9 Å². The number of rotatable bonds is 6. The Kier molecular flexibility index (Phi) is 7.94. The van der Waals surface area contributed by atoms with Crippen LogP contribution in [-0.2, 0) is 0 Å². The van der Waals surface area contributed by atoms with E-state index < -0.39 is 0 Å². The second kappa shape index (κ2) is 10.1. The lowest BCUT2D eigenvalue weighted by molar-refractivity contribution is 0.214. The monoisotopic (exact) mass is 693 g/mol. The normalized spacial score (nSPS) is 12.8. The van der Waals surface area contributed by atoms with Crippen LogP contribution in [-0.4, -0.2) is 22.0 Å². The Morgan fingerprint density at radius 1 is 1.20 bits per heavy atom. The highest BCUT2D eigenvalue weighted by Gasteiger charge is 2.15. The predicted octanol–water partition coefficient (Wildman–Crippen LogP) is 6.55. The summed E-state index contributed by atoms with van der Waals surface area (Å²) in [7, 11) is 0. The molecule has 0 saturated carbocycles. The lowest BCUT2D eigenvalue weighted by Gasteiger charge is -2.16. The summed E-state index contributed by atoms with van der Waals surface area (Å²) in [6, 6.07) is 9.54. The summed E-state index contributed by atoms with van der Waals surface area (Å²) < 4.78 is 10.3. The number of ether oxygens (including phenoxy) is 1. The predicted molar refractivity (Wildman–Crippen MR) is 143 cm³/mol. The SMILES string of the molecule is CC[C@H](C)Oc1c(I)cc(C=Nn2c(C(C)C)nc3ccc(Br)cc3c2=O)cc1I. The van der Waals surface area contributed by atoms with E-state index in [2.05, 4.69) is 85.0 Å². The van der Waals surface area contributed by atoms with Crippen molar-refractivity contribution in [1.82, 2.24) is 9.66 Å². The van der Waals surface area contributed by atoms with Gasteiger partial charge in [-0.2, -0.15) is 9.78 Å². The molecule has 0 aliphatic rings. The molecule has 0 fully saturated rings. The zero-order chi connectivity index (χ0) is 22.0. The van der Waals surface area contributed by atoms with Gasteiger partial charge in [0.25, 0.3) is 5.56 Å². The number of aromatic nitrogens is 2. The lowest BCUT2D eigenvalue weighted by Crippen LogP contribution is -2.23. The van der Waals surface area contributed by atoms with Crippen molar-refractivity contribution >= 4 is 78.2 Å². The Morgan fingerprint density at radius 2 is 1.87 bits per heavy atom. The van der Waals surface area contributed by atoms with Crippen LogP contribution in [0.2, 0.25) is 0 Å². The van der Waals surface area contributed by atoms with Crippen LogP contribution in [0.15, 0.2) is 44.7 Å². The molecule has 0 unspecified atom stereocenters. The molecule has 0 radical (unpaired) electrons. The van der Waals surface area contributed by atoms with Gasteiger partial charge in [0.2, 0.25) is 0 Å². The Morgan fingerprint density at radius 3 is 2.47 bits per heavy atom. The second-order valence-corrected chi connectivity index (χ2v) is 10.5. The van der Waals surface area contributed by atoms with Gasteiger partial charge in [-0.15, -0.1) is 0 Å². The fourth-order valence-electron chi connectivity index (χ4n) is 2.83. The molecule has 0 aliphatic carbocycles. The lowest BCUT2D eigenvalue weighted by atomic mass is 10.2. The number of hydrogen-bond donors (Lipinski definition) is 0. The topological polar surface area (TPSA) is 56.5 Å². The summed E-state index contributed by atoms with van der Waals surface area (Å²) in [4.78, 5) is 17.8. The average Bonchev–Trinajstić information content (AvgIpc) is 2.69. The van der Waals surface area contributed by atoms with Crippen LogP contribution >= 0.6 is 61.1 Å². The van der Waals surface area contributed by atoms with Crippen LogP contribution in [0, 0.1) is 7.14 Å². The second-order valence-electron chi connectivity index (χ2n) is 7.30. The van der Waals surface area contributed by atoms with E-state index in [9.17, 15) is 4.79 Å². The van der Waals surface area contributed by atoms with E-state index in [-0.39, 0.29) is 17.6 Å². The molecule has 3 aromatic rings. The number of halogens is 3. The van der Waals surface area contributed by atoms with Gasteiger partial charge in [-0.05, 0) is 94.4 Å². The summed E-state index contributed by atoms with van der Waals surface area (Å²) in [5, 5.41) is 5.05. The molecule has 3 rings (SSSR count). The summed E-state index contributed by atoms with van der Waals surface area (Å²) in [6.45, 7) is 8.18. The Hall–Kier alpha value is -1.01. The van der Waals surface area contributed by atoms with Gasteiger partial charge >= 0.3 is 0 Å². The van der Waals surface area contributed by atoms with Crippen LogP contribution in [0.5, 0.6) is 5.75 Å². The van der Waals surface area contributed by atoms with Crippen LogP contribution in [0.3, 0.4) is 0 Å². The zero-order valence-electron chi connectivity index (χ0n) is 17.1. The fourth-order valence-corrected chi connectivity index (χ4v) is 5.26. The first kappa shape index (κ1) is 23.6. The molecule has 1 atom stereocenters. The van der Waals surface area contributed by atoms with Crippen molar-refractivity contribution in [3.05, 3.63) is 63.7 Å². The number of nitrogens with zero attached hydrogens (tertiary/aromatic N) is 3. The molecule has 0 saturated heterocycles. The molecular weight excluding hydrogens is 672 g/mol. The van der Waals surface area contributed by atoms with Gasteiger partial charge in [0.05, 0.1) is 30.4 Å². The number of hydrogen-bond acceptors (Lipinski definition) is 4. The maximum Gasteiger partial charge on any atom is 0.282 e. The molecule has 0 spiro atoms. The maximum absolute atomic E-state index is 13.1. The number of fused-ring (bicyclic) bond motifs is 1. The minimum atomic E-state index is -0.178. The molecule has 5 nitrogen and oxygen atoms in total. The first-order valence-electron chi connectivity index (χ1n) is 9.63. The summed E-state index contributed by atoms with van der Waals surface area (Å²) in [6.07, 6.45) is 2.80. The average molecular weight is 694 g/mol. The molecule has 1 heterocycles. The van der Waals surface area contributed by atoms with Crippen molar-refractivity contribution < 1.29 is 4.74 Å². The highest BCUT2D eigenvalue weighted by atomic mass is 127. The molecule has 0 N–H and O–H groups in total. The molecule has 8 heteroatoms. The van der Waals surface area contributed by atoms with Crippen LogP contribution in [0.4, 0.5) is 0 Å². The highest BCUT2D eigenvalue weighted by molar-refractivity contribution is 14.1.